The summed E-state index contributed by atoms with van der Waals surface area (Å²) in [5.41, 5.74) is 1.09. The standard InChI is InChI=1S/C14H19N3O4/c1-15-14(20)16-12(18)8-9-17(2)11-7-5-4-6-10(11)13(19)21-3/h4-7H,8-9H2,1-3H3,(H2,15,16,18,20). The third-order valence-electron chi connectivity index (χ3n) is 2.87. The number of benzene rings is 1. The molecule has 0 aliphatic heterocycles. The molecular weight excluding hydrogens is 274 g/mol. The van der Waals surface area contributed by atoms with Crippen LogP contribution < -0.4 is 15.5 Å². The highest BCUT2D eigenvalue weighted by molar-refractivity contribution is 5.96. The maximum atomic E-state index is 11.7. The van der Waals surface area contributed by atoms with E-state index in [0.29, 0.717) is 17.8 Å². The lowest BCUT2D eigenvalue weighted by atomic mass is 10.1. The molecule has 0 radical (unpaired) electrons. The molecular formula is C14H19N3O4. The number of hydrogen-bond donors (Lipinski definition) is 2. The molecule has 1 rings (SSSR count). The number of nitrogens with one attached hydrogen (secondary N) is 2. The number of amides is 3. The van der Waals surface area contributed by atoms with Crippen LogP contribution in [0.4, 0.5) is 10.5 Å². The average molecular weight is 293 g/mol. The van der Waals surface area contributed by atoms with Gasteiger partial charge in [-0.25, -0.2) is 9.59 Å². The Morgan fingerprint density at radius 3 is 2.52 bits per heavy atom. The molecule has 3 amide bonds. The lowest BCUT2D eigenvalue weighted by Gasteiger charge is -2.21. The van der Waals surface area contributed by atoms with Crippen molar-refractivity contribution in [3.8, 4) is 0 Å². The zero-order valence-electron chi connectivity index (χ0n) is 12.3. The van der Waals surface area contributed by atoms with Crippen molar-refractivity contribution in [3.63, 3.8) is 0 Å². The van der Waals surface area contributed by atoms with Crippen LogP contribution in [0.2, 0.25) is 0 Å². The van der Waals surface area contributed by atoms with Crippen LogP contribution in [0.5, 0.6) is 0 Å². The number of para-hydroxylation sites is 1. The number of carbonyl (C=O) groups is 3. The summed E-state index contributed by atoms with van der Waals surface area (Å²) in [6, 6.07) is 6.41. The van der Waals surface area contributed by atoms with E-state index in [4.69, 9.17) is 4.74 Å². The van der Waals surface area contributed by atoms with Crippen molar-refractivity contribution < 1.29 is 19.1 Å². The largest absolute Gasteiger partial charge is 0.465 e. The number of rotatable bonds is 5. The second kappa shape index (κ2) is 7.88. The van der Waals surface area contributed by atoms with Crippen LogP contribution in [-0.2, 0) is 9.53 Å². The summed E-state index contributed by atoms with van der Waals surface area (Å²) < 4.78 is 4.72. The van der Waals surface area contributed by atoms with E-state index in [0.717, 1.165) is 0 Å². The Labute approximate surface area is 123 Å². The van der Waals surface area contributed by atoms with Gasteiger partial charge in [0.1, 0.15) is 0 Å². The molecule has 1 aromatic rings. The minimum Gasteiger partial charge on any atom is -0.465 e. The van der Waals surface area contributed by atoms with Gasteiger partial charge in [-0.05, 0) is 12.1 Å². The predicted octanol–water partition coefficient (Wildman–Crippen LogP) is 0.755. The number of hydrogen-bond acceptors (Lipinski definition) is 5. The fourth-order valence-electron chi connectivity index (χ4n) is 1.73. The molecule has 7 nitrogen and oxygen atoms in total. The molecule has 21 heavy (non-hydrogen) atoms. The Hall–Kier alpha value is -2.57. The summed E-state index contributed by atoms with van der Waals surface area (Å²) in [7, 11) is 4.51. The third kappa shape index (κ3) is 4.79. The van der Waals surface area contributed by atoms with Crippen LogP contribution in [0.15, 0.2) is 24.3 Å². The Morgan fingerprint density at radius 1 is 1.24 bits per heavy atom. The molecule has 0 aromatic heterocycles. The number of anilines is 1. The van der Waals surface area contributed by atoms with E-state index in [1.807, 2.05) is 0 Å². The molecule has 0 saturated heterocycles. The first kappa shape index (κ1) is 16.5. The topological polar surface area (TPSA) is 87.7 Å². The molecule has 0 fully saturated rings. The van der Waals surface area contributed by atoms with Gasteiger partial charge in [0.2, 0.25) is 5.91 Å². The van der Waals surface area contributed by atoms with Crippen LogP contribution in [0.1, 0.15) is 16.8 Å². The van der Waals surface area contributed by atoms with Gasteiger partial charge in [-0.15, -0.1) is 0 Å². The third-order valence-corrected chi connectivity index (χ3v) is 2.87. The van der Waals surface area contributed by atoms with Gasteiger partial charge >= 0.3 is 12.0 Å². The van der Waals surface area contributed by atoms with Crippen molar-refractivity contribution in [2.24, 2.45) is 0 Å². The van der Waals surface area contributed by atoms with E-state index >= 15 is 0 Å². The number of imide groups is 1. The number of carbonyl (C=O) groups excluding carboxylic acids is 3. The zero-order valence-corrected chi connectivity index (χ0v) is 12.3. The van der Waals surface area contributed by atoms with Gasteiger partial charge in [-0.1, -0.05) is 12.1 Å². The first-order valence-electron chi connectivity index (χ1n) is 6.39. The SMILES string of the molecule is CNC(=O)NC(=O)CCN(C)c1ccccc1C(=O)OC. The van der Waals surface area contributed by atoms with Gasteiger partial charge in [0.05, 0.1) is 18.4 Å². The Balaban J connectivity index is 2.68. The van der Waals surface area contributed by atoms with E-state index in [2.05, 4.69) is 10.6 Å². The smallest absolute Gasteiger partial charge is 0.339 e. The summed E-state index contributed by atoms with van der Waals surface area (Å²) >= 11 is 0. The highest BCUT2D eigenvalue weighted by Crippen LogP contribution is 2.20. The van der Waals surface area contributed by atoms with Crippen LogP contribution in [0, 0.1) is 0 Å². The van der Waals surface area contributed by atoms with Crippen molar-refractivity contribution in [1.29, 1.82) is 0 Å². The van der Waals surface area contributed by atoms with Gasteiger partial charge in [0, 0.05) is 27.1 Å². The Kier molecular flexibility index (Phi) is 6.19. The lowest BCUT2D eigenvalue weighted by Crippen LogP contribution is -2.38. The van der Waals surface area contributed by atoms with Gasteiger partial charge in [0.15, 0.2) is 0 Å². The molecule has 0 unspecified atom stereocenters. The van der Waals surface area contributed by atoms with Gasteiger partial charge in [0.25, 0.3) is 0 Å². The van der Waals surface area contributed by atoms with Crippen molar-refractivity contribution in [2.75, 3.05) is 32.6 Å². The van der Waals surface area contributed by atoms with E-state index < -0.39 is 17.9 Å². The van der Waals surface area contributed by atoms with Crippen LogP contribution in [0.3, 0.4) is 0 Å². The maximum Gasteiger partial charge on any atom is 0.339 e. The number of methoxy groups -OCH3 is 1. The van der Waals surface area contributed by atoms with E-state index in [1.54, 1.807) is 36.2 Å². The number of nitrogens with zero attached hydrogens (tertiary/aromatic N) is 1. The molecule has 0 saturated carbocycles. The summed E-state index contributed by atoms with van der Waals surface area (Å²) in [6.45, 7) is 0.358. The van der Waals surface area contributed by atoms with Crippen molar-refractivity contribution in [3.05, 3.63) is 29.8 Å². The first-order chi connectivity index (χ1) is 9.99. The fourth-order valence-corrected chi connectivity index (χ4v) is 1.73. The van der Waals surface area contributed by atoms with E-state index in [1.165, 1.54) is 14.2 Å². The zero-order chi connectivity index (χ0) is 15.8. The molecule has 1 aromatic carbocycles. The monoisotopic (exact) mass is 293 g/mol. The maximum absolute atomic E-state index is 11.7. The van der Waals surface area contributed by atoms with Gasteiger partial charge in [-0.3, -0.25) is 10.1 Å². The van der Waals surface area contributed by atoms with Crippen molar-refractivity contribution in [1.82, 2.24) is 10.6 Å². The van der Waals surface area contributed by atoms with Crippen molar-refractivity contribution in [2.45, 2.75) is 6.42 Å². The summed E-state index contributed by atoms with van der Waals surface area (Å²) in [6.07, 6.45) is 0.124. The van der Waals surface area contributed by atoms with Crippen LogP contribution >= 0.6 is 0 Å². The minimum absolute atomic E-state index is 0.124. The summed E-state index contributed by atoms with van der Waals surface area (Å²) in [4.78, 5) is 36.0. The van der Waals surface area contributed by atoms with Gasteiger partial charge < -0.3 is 15.0 Å². The van der Waals surface area contributed by atoms with E-state index in [9.17, 15) is 14.4 Å². The molecule has 0 spiro atoms. The normalized spacial score (nSPS) is 9.67. The van der Waals surface area contributed by atoms with Crippen LogP contribution in [0.25, 0.3) is 0 Å². The molecule has 0 atom stereocenters. The Morgan fingerprint density at radius 2 is 1.90 bits per heavy atom. The number of esters is 1. The molecule has 0 aliphatic rings. The van der Waals surface area contributed by atoms with E-state index in [-0.39, 0.29) is 6.42 Å². The summed E-state index contributed by atoms with van der Waals surface area (Å²) in [5, 5.41) is 4.48. The molecule has 0 heterocycles. The molecule has 114 valence electrons. The fraction of sp³-hybridized carbons (Fsp3) is 0.357. The summed E-state index contributed by atoms with van der Waals surface area (Å²) in [5.74, 6) is -0.830. The van der Waals surface area contributed by atoms with Gasteiger partial charge in [-0.2, -0.15) is 0 Å². The highest BCUT2D eigenvalue weighted by Gasteiger charge is 2.15. The van der Waals surface area contributed by atoms with Crippen molar-refractivity contribution >= 4 is 23.6 Å². The Bertz CT molecular complexity index is 531. The van der Waals surface area contributed by atoms with Crippen LogP contribution in [-0.4, -0.2) is 45.7 Å². The lowest BCUT2D eigenvalue weighted by molar-refractivity contribution is -0.119. The number of urea groups is 1. The molecule has 7 heteroatoms. The first-order valence-corrected chi connectivity index (χ1v) is 6.39. The average Bonchev–Trinajstić information content (AvgIpc) is 2.51. The highest BCUT2D eigenvalue weighted by atomic mass is 16.5. The molecule has 0 aliphatic carbocycles. The molecule has 0 bridgehead atoms. The number of ether oxygens (including phenoxy) is 1. The molecule has 2 N–H and O–H groups in total. The predicted molar refractivity (Wildman–Crippen MR) is 78.3 cm³/mol. The second-order valence-electron chi connectivity index (χ2n) is 4.31. The minimum atomic E-state index is -0.544. The quantitative estimate of drug-likeness (QED) is 0.782. The second-order valence-corrected chi connectivity index (χ2v) is 4.31.